The minimum Gasteiger partial charge on any atom is -0.326 e. The van der Waals surface area contributed by atoms with Gasteiger partial charge in [0.05, 0.1) is 11.1 Å². The van der Waals surface area contributed by atoms with E-state index in [0.717, 1.165) is 22.4 Å². The van der Waals surface area contributed by atoms with Gasteiger partial charge in [-0.1, -0.05) is 6.07 Å². The molecule has 1 heterocycles. The van der Waals surface area contributed by atoms with Gasteiger partial charge in [0.25, 0.3) is 0 Å². The second-order valence-corrected chi connectivity index (χ2v) is 6.40. The maximum atomic E-state index is 12.2. The summed E-state index contributed by atoms with van der Waals surface area (Å²) in [5.74, 6) is 0. The fraction of sp³-hybridized carbons (Fsp3) is 0.308. The minimum atomic E-state index is -3.55. The highest BCUT2D eigenvalue weighted by Gasteiger charge is 2.15. The van der Waals surface area contributed by atoms with Gasteiger partial charge in [-0.3, -0.25) is 5.10 Å². The Morgan fingerprint density at radius 2 is 2.05 bits per heavy atom. The number of nitrogens with one attached hydrogen (secondary N) is 2. The summed E-state index contributed by atoms with van der Waals surface area (Å²) in [4.78, 5) is 0.227. The van der Waals surface area contributed by atoms with Crippen molar-refractivity contribution in [3.05, 3.63) is 46.8 Å². The fourth-order valence-corrected chi connectivity index (χ4v) is 2.90. The zero-order valence-corrected chi connectivity index (χ0v) is 12.3. The number of sulfonamides is 1. The first-order valence-corrected chi connectivity index (χ1v) is 7.70. The van der Waals surface area contributed by atoms with Crippen LogP contribution in [-0.2, 0) is 23.1 Å². The van der Waals surface area contributed by atoms with Crippen molar-refractivity contribution >= 4 is 10.0 Å². The SMILES string of the molecule is Cc1ccc(S(=O)(=O)NCc2cn[nH]c2C)cc1CN. The molecular formula is C13H18N4O2S. The number of aromatic nitrogens is 2. The van der Waals surface area contributed by atoms with Gasteiger partial charge in [0.1, 0.15) is 0 Å². The third kappa shape index (κ3) is 3.06. The van der Waals surface area contributed by atoms with Crippen molar-refractivity contribution < 1.29 is 8.42 Å². The Morgan fingerprint density at radius 1 is 1.30 bits per heavy atom. The van der Waals surface area contributed by atoms with Crippen molar-refractivity contribution in [1.29, 1.82) is 0 Å². The lowest BCUT2D eigenvalue weighted by molar-refractivity contribution is 0.581. The zero-order chi connectivity index (χ0) is 14.8. The first-order chi connectivity index (χ1) is 9.44. The van der Waals surface area contributed by atoms with E-state index in [1.807, 2.05) is 13.8 Å². The predicted octanol–water partition coefficient (Wildman–Crippen LogP) is 0.964. The number of benzene rings is 1. The van der Waals surface area contributed by atoms with Crippen LogP contribution in [0.2, 0.25) is 0 Å². The molecule has 20 heavy (non-hydrogen) atoms. The molecule has 0 atom stereocenters. The summed E-state index contributed by atoms with van der Waals surface area (Å²) in [6.07, 6.45) is 1.61. The van der Waals surface area contributed by atoms with Gasteiger partial charge in [0.2, 0.25) is 10.0 Å². The van der Waals surface area contributed by atoms with E-state index >= 15 is 0 Å². The fourth-order valence-electron chi connectivity index (χ4n) is 1.84. The average molecular weight is 294 g/mol. The zero-order valence-electron chi connectivity index (χ0n) is 11.5. The molecule has 0 aliphatic rings. The smallest absolute Gasteiger partial charge is 0.240 e. The largest absolute Gasteiger partial charge is 0.326 e. The second kappa shape index (κ2) is 5.74. The maximum absolute atomic E-state index is 12.2. The molecule has 0 saturated heterocycles. The van der Waals surface area contributed by atoms with Gasteiger partial charge in [0, 0.05) is 24.3 Å². The molecule has 4 N–H and O–H groups in total. The Bertz CT molecular complexity index is 707. The van der Waals surface area contributed by atoms with Gasteiger partial charge in [0.15, 0.2) is 0 Å². The molecule has 2 aromatic rings. The molecule has 0 amide bonds. The van der Waals surface area contributed by atoms with Gasteiger partial charge in [-0.15, -0.1) is 0 Å². The summed E-state index contributed by atoms with van der Waals surface area (Å²) in [6, 6.07) is 4.96. The molecule has 0 saturated carbocycles. The second-order valence-electron chi connectivity index (χ2n) is 4.64. The molecule has 108 valence electrons. The van der Waals surface area contributed by atoms with Crippen LogP contribution >= 0.6 is 0 Å². The minimum absolute atomic E-state index is 0.205. The van der Waals surface area contributed by atoms with E-state index in [-0.39, 0.29) is 11.4 Å². The van der Waals surface area contributed by atoms with Crippen molar-refractivity contribution in [2.75, 3.05) is 0 Å². The lowest BCUT2D eigenvalue weighted by Crippen LogP contribution is -2.23. The highest BCUT2D eigenvalue weighted by atomic mass is 32.2. The first-order valence-electron chi connectivity index (χ1n) is 6.22. The molecule has 0 radical (unpaired) electrons. The van der Waals surface area contributed by atoms with Crippen molar-refractivity contribution in [2.24, 2.45) is 5.73 Å². The van der Waals surface area contributed by atoms with E-state index in [2.05, 4.69) is 14.9 Å². The van der Waals surface area contributed by atoms with Crippen molar-refractivity contribution in [3.63, 3.8) is 0 Å². The van der Waals surface area contributed by atoms with E-state index in [1.165, 1.54) is 0 Å². The lowest BCUT2D eigenvalue weighted by Gasteiger charge is -2.09. The normalized spacial score (nSPS) is 11.8. The Morgan fingerprint density at radius 3 is 2.65 bits per heavy atom. The van der Waals surface area contributed by atoms with Crippen LogP contribution in [0.1, 0.15) is 22.4 Å². The van der Waals surface area contributed by atoms with E-state index < -0.39 is 10.0 Å². The number of nitrogens with two attached hydrogens (primary N) is 1. The van der Waals surface area contributed by atoms with E-state index in [4.69, 9.17) is 5.73 Å². The third-order valence-electron chi connectivity index (χ3n) is 3.24. The quantitative estimate of drug-likeness (QED) is 0.764. The molecule has 1 aromatic carbocycles. The van der Waals surface area contributed by atoms with E-state index in [1.54, 1.807) is 24.4 Å². The summed E-state index contributed by atoms with van der Waals surface area (Å²) in [5, 5.41) is 6.63. The van der Waals surface area contributed by atoms with Gasteiger partial charge >= 0.3 is 0 Å². The Kier molecular flexibility index (Phi) is 4.22. The van der Waals surface area contributed by atoms with Crippen molar-refractivity contribution in [1.82, 2.24) is 14.9 Å². The number of nitrogens with zero attached hydrogens (tertiary/aromatic N) is 1. The number of H-pyrrole nitrogens is 1. The standard InChI is InChI=1S/C13H18N4O2S/c1-9-3-4-13(5-11(9)6-14)20(18,19)16-8-12-7-15-17-10(12)2/h3-5,7,16H,6,8,14H2,1-2H3,(H,15,17). The van der Waals surface area contributed by atoms with Crippen molar-refractivity contribution in [3.8, 4) is 0 Å². The summed E-state index contributed by atoms with van der Waals surface area (Å²) >= 11 is 0. The molecule has 0 bridgehead atoms. The highest BCUT2D eigenvalue weighted by Crippen LogP contribution is 2.15. The van der Waals surface area contributed by atoms with Crippen LogP contribution in [0.4, 0.5) is 0 Å². The molecule has 0 unspecified atom stereocenters. The van der Waals surface area contributed by atoms with Crippen LogP contribution in [-0.4, -0.2) is 18.6 Å². The molecular weight excluding hydrogens is 276 g/mol. The van der Waals surface area contributed by atoms with Crippen LogP contribution in [0.3, 0.4) is 0 Å². The third-order valence-corrected chi connectivity index (χ3v) is 4.64. The molecule has 2 rings (SSSR count). The van der Waals surface area contributed by atoms with Gasteiger partial charge in [-0.05, 0) is 37.1 Å². The molecule has 6 nitrogen and oxygen atoms in total. The maximum Gasteiger partial charge on any atom is 0.240 e. The van der Waals surface area contributed by atoms with E-state index in [0.29, 0.717) is 6.54 Å². The van der Waals surface area contributed by atoms with Crippen LogP contribution in [0.5, 0.6) is 0 Å². The summed E-state index contributed by atoms with van der Waals surface area (Å²) < 4.78 is 27.0. The Hall–Kier alpha value is -1.70. The van der Waals surface area contributed by atoms with Crippen LogP contribution in [0.15, 0.2) is 29.3 Å². The Balaban J connectivity index is 2.20. The number of hydrogen-bond donors (Lipinski definition) is 3. The van der Waals surface area contributed by atoms with E-state index in [9.17, 15) is 8.42 Å². The molecule has 7 heteroatoms. The van der Waals surface area contributed by atoms with Gasteiger partial charge < -0.3 is 5.73 Å². The predicted molar refractivity (Wildman–Crippen MR) is 76.4 cm³/mol. The van der Waals surface area contributed by atoms with Crippen molar-refractivity contribution in [2.45, 2.75) is 31.8 Å². The average Bonchev–Trinajstić information content (AvgIpc) is 2.82. The first kappa shape index (κ1) is 14.7. The summed E-state index contributed by atoms with van der Waals surface area (Å²) in [5.41, 5.74) is 9.08. The number of aryl methyl sites for hydroxylation is 2. The van der Waals surface area contributed by atoms with Crippen LogP contribution < -0.4 is 10.5 Å². The lowest BCUT2D eigenvalue weighted by atomic mass is 10.1. The van der Waals surface area contributed by atoms with Gasteiger partial charge in [-0.25, -0.2) is 13.1 Å². The molecule has 0 aliphatic heterocycles. The highest BCUT2D eigenvalue weighted by molar-refractivity contribution is 7.89. The van der Waals surface area contributed by atoms with Gasteiger partial charge in [-0.2, -0.15) is 5.10 Å². The summed E-state index contributed by atoms with van der Waals surface area (Å²) in [6.45, 7) is 4.27. The number of hydrogen-bond acceptors (Lipinski definition) is 4. The topological polar surface area (TPSA) is 101 Å². The summed E-state index contributed by atoms with van der Waals surface area (Å²) in [7, 11) is -3.55. The monoisotopic (exact) mass is 294 g/mol. The molecule has 0 aliphatic carbocycles. The van der Waals surface area contributed by atoms with Crippen LogP contribution in [0.25, 0.3) is 0 Å². The molecule has 0 fully saturated rings. The Labute approximate surface area is 118 Å². The number of rotatable bonds is 5. The molecule has 1 aromatic heterocycles. The molecule has 0 spiro atoms. The van der Waals surface area contributed by atoms with Crippen LogP contribution in [0, 0.1) is 13.8 Å². The number of aromatic amines is 1.